The summed E-state index contributed by atoms with van der Waals surface area (Å²) >= 11 is 0. The van der Waals surface area contributed by atoms with Crippen LogP contribution in [0, 0.1) is 0 Å². The van der Waals surface area contributed by atoms with E-state index in [0.717, 1.165) is 56.9 Å². The minimum absolute atomic E-state index is 0.0268. The van der Waals surface area contributed by atoms with Gasteiger partial charge in [-0.3, -0.25) is 0 Å². The van der Waals surface area contributed by atoms with E-state index in [9.17, 15) is 0 Å². The lowest BCUT2D eigenvalue weighted by Crippen LogP contribution is -2.50. The van der Waals surface area contributed by atoms with Crippen molar-refractivity contribution in [2.75, 3.05) is 37.5 Å². The van der Waals surface area contributed by atoms with E-state index in [0.29, 0.717) is 6.04 Å². The molecule has 2 saturated heterocycles. The van der Waals surface area contributed by atoms with Crippen molar-refractivity contribution in [1.29, 1.82) is 0 Å². The van der Waals surface area contributed by atoms with E-state index in [-0.39, 0.29) is 5.60 Å². The van der Waals surface area contributed by atoms with Crippen LogP contribution in [0.5, 0.6) is 0 Å². The highest BCUT2D eigenvalue weighted by Gasteiger charge is 2.40. The average molecular weight is 276 g/mol. The highest BCUT2D eigenvalue weighted by atomic mass is 16.5. The molecule has 2 aliphatic rings. The summed E-state index contributed by atoms with van der Waals surface area (Å²) in [7, 11) is 2.15. The fourth-order valence-corrected chi connectivity index (χ4v) is 3.43. The quantitative estimate of drug-likeness (QED) is 0.843. The lowest BCUT2D eigenvalue weighted by molar-refractivity contribution is -0.137. The Labute approximate surface area is 120 Å². The molecule has 1 aromatic carbocycles. The van der Waals surface area contributed by atoms with Crippen LogP contribution < -0.4 is 10.6 Å². The fraction of sp³-hybridized carbons (Fsp3) is 0.625. The van der Waals surface area contributed by atoms with Crippen molar-refractivity contribution in [3.8, 4) is 0 Å². The number of nitrogens with zero attached hydrogens (tertiary/aromatic N) is 1. The first kappa shape index (κ1) is 13.7. The summed E-state index contributed by atoms with van der Waals surface area (Å²) in [6.07, 6.45) is 4.16. The Morgan fingerprint density at radius 2 is 1.95 bits per heavy atom. The van der Waals surface area contributed by atoms with Crippen LogP contribution in [0.3, 0.4) is 0 Å². The van der Waals surface area contributed by atoms with Gasteiger partial charge in [-0.15, -0.1) is 0 Å². The van der Waals surface area contributed by atoms with Crippen molar-refractivity contribution < 1.29 is 9.47 Å². The molecule has 1 atom stereocenters. The van der Waals surface area contributed by atoms with Crippen molar-refractivity contribution in [1.82, 2.24) is 0 Å². The molecule has 0 radical (unpaired) electrons. The van der Waals surface area contributed by atoms with E-state index in [1.165, 1.54) is 0 Å². The molecule has 0 saturated carbocycles. The van der Waals surface area contributed by atoms with Gasteiger partial charge in [0.05, 0.1) is 17.0 Å². The Kier molecular flexibility index (Phi) is 3.85. The van der Waals surface area contributed by atoms with E-state index in [1.807, 2.05) is 18.2 Å². The number of para-hydroxylation sites is 2. The third-order valence-electron chi connectivity index (χ3n) is 4.74. The van der Waals surface area contributed by atoms with Gasteiger partial charge in [0.1, 0.15) is 0 Å². The van der Waals surface area contributed by atoms with Crippen LogP contribution in [-0.2, 0) is 9.47 Å². The maximum absolute atomic E-state index is 6.12. The Bertz CT molecular complexity index is 452. The number of rotatable bonds is 2. The highest BCUT2D eigenvalue weighted by molar-refractivity contribution is 5.67. The Morgan fingerprint density at radius 1 is 1.20 bits per heavy atom. The van der Waals surface area contributed by atoms with Gasteiger partial charge in [0, 0.05) is 32.9 Å². The van der Waals surface area contributed by atoms with Crippen molar-refractivity contribution in [2.24, 2.45) is 0 Å². The second-order valence-corrected chi connectivity index (χ2v) is 5.96. The first-order chi connectivity index (χ1) is 9.70. The summed E-state index contributed by atoms with van der Waals surface area (Å²) in [6, 6.07) is 8.59. The molecule has 3 rings (SSSR count). The molecule has 20 heavy (non-hydrogen) atoms. The van der Waals surface area contributed by atoms with E-state index >= 15 is 0 Å². The molecular weight excluding hydrogens is 252 g/mol. The van der Waals surface area contributed by atoms with Gasteiger partial charge in [-0.05, 0) is 37.8 Å². The van der Waals surface area contributed by atoms with Gasteiger partial charge in [-0.1, -0.05) is 12.1 Å². The van der Waals surface area contributed by atoms with Gasteiger partial charge in [0.2, 0.25) is 0 Å². The van der Waals surface area contributed by atoms with Crippen LogP contribution in [-0.4, -0.2) is 38.5 Å². The lowest BCUT2D eigenvalue weighted by atomic mass is 9.83. The molecule has 0 aliphatic carbocycles. The Morgan fingerprint density at radius 3 is 2.70 bits per heavy atom. The van der Waals surface area contributed by atoms with Gasteiger partial charge in [-0.2, -0.15) is 0 Å². The van der Waals surface area contributed by atoms with Gasteiger partial charge in [0.25, 0.3) is 0 Å². The number of anilines is 2. The summed E-state index contributed by atoms with van der Waals surface area (Å²) in [5, 5.41) is 0. The van der Waals surface area contributed by atoms with Gasteiger partial charge >= 0.3 is 0 Å². The summed E-state index contributed by atoms with van der Waals surface area (Å²) in [5.74, 6) is 0. The van der Waals surface area contributed by atoms with E-state index in [2.05, 4.69) is 18.0 Å². The molecule has 1 unspecified atom stereocenters. The van der Waals surface area contributed by atoms with Crippen molar-refractivity contribution in [3.05, 3.63) is 24.3 Å². The standard InChI is InChI=1S/C16H24N2O2/c1-18(15-5-3-2-4-14(15)17)13-6-9-20-16(12-13)7-10-19-11-8-16/h2-5,13H,6-12,17H2,1H3. The number of hydrogen-bond acceptors (Lipinski definition) is 4. The van der Waals surface area contributed by atoms with Crippen molar-refractivity contribution in [2.45, 2.75) is 37.3 Å². The van der Waals surface area contributed by atoms with Gasteiger partial charge < -0.3 is 20.1 Å². The van der Waals surface area contributed by atoms with Crippen LogP contribution in [0.2, 0.25) is 0 Å². The zero-order chi connectivity index (χ0) is 14.0. The smallest absolute Gasteiger partial charge is 0.0745 e. The molecule has 0 aromatic heterocycles. The monoisotopic (exact) mass is 276 g/mol. The minimum atomic E-state index is 0.0268. The summed E-state index contributed by atoms with van der Waals surface area (Å²) in [4.78, 5) is 2.33. The van der Waals surface area contributed by atoms with Crippen LogP contribution in [0.25, 0.3) is 0 Å². The number of nitrogens with two attached hydrogens (primary N) is 1. The third kappa shape index (κ3) is 2.63. The maximum atomic E-state index is 6.12. The topological polar surface area (TPSA) is 47.7 Å². The van der Waals surface area contributed by atoms with Crippen molar-refractivity contribution >= 4 is 11.4 Å². The van der Waals surface area contributed by atoms with Crippen molar-refractivity contribution in [3.63, 3.8) is 0 Å². The molecule has 1 spiro atoms. The zero-order valence-corrected chi connectivity index (χ0v) is 12.2. The normalized spacial score (nSPS) is 25.6. The average Bonchev–Trinajstić information content (AvgIpc) is 2.48. The highest BCUT2D eigenvalue weighted by Crippen LogP contribution is 2.37. The van der Waals surface area contributed by atoms with Crippen LogP contribution >= 0.6 is 0 Å². The maximum Gasteiger partial charge on any atom is 0.0745 e. The molecule has 2 fully saturated rings. The molecule has 2 aliphatic heterocycles. The summed E-state index contributed by atoms with van der Waals surface area (Å²) < 4.78 is 11.6. The molecule has 4 nitrogen and oxygen atoms in total. The predicted octanol–water partition coefficient (Wildman–Crippen LogP) is 2.43. The van der Waals surface area contributed by atoms with Gasteiger partial charge in [-0.25, -0.2) is 0 Å². The number of nitrogen functional groups attached to an aromatic ring is 1. The molecule has 0 amide bonds. The molecule has 2 N–H and O–H groups in total. The zero-order valence-electron chi connectivity index (χ0n) is 12.2. The summed E-state index contributed by atoms with van der Waals surface area (Å²) in [5.41, 5.74) is 8.11. The molecule has 4 heteroatoms. The first-order valence-corrected chi connectivity index (χ1v) is 7.49. The number of ether oxygens (including phenoxy) is 2. The third-order valence-corrected chi connectivity index (χ3v) is 4.74. The number of benzene rings is 1. The van der Waals surface area contributed by atoms with Crippen LogP contribution in [0.4, 0.5) is 11.4 Å². The fourth-order valence-electron chi connectivity index (χ4n) is 3.43. The molecule has 110 valence electrons. The lowest BCUT2D eigenvalue weighted by Gasteiger charge is -2.46. The molecule has 1 aromatic rings. The second-order valence-electron chi connectivity index (χ2n) is 5.96. The second kappa shape index (κ2) is 5.62. The van der Waals surface area contributed by atoms with Crippen LogP contribution in [0.15, 0.2) is 24.3 Å². The van der Waals surface area contributed by atoms with E-state index in [4.69, 9.17) is 15.2 Å². The first-order valence-electron chi connectivity index (χ1n) is 7.49. The van der Waals surface area contributed by atoms with Crippen LogP contribution in [0.1, 0.15) is 25.7 Å². The largest absolute Gasteiger partial charge is 0.397 e. The molecular formula is C16H24N2O2. The van der Waals surface area contributed by atoms with Gasteiger partial charge in [0.15, 0.2) is 0 Å². The Hall–Kier alpha value is -1.26. The SMILES string of the molecule is CN(c1ccccc1N)C1CCOC2(CCOCC2)C1. The Balaban J connectivity index is 1.75. The summed E-state index contributed by atoms with van der Waals surface area (Å²) in [6.45, 7) is 2.48. The molecule has 2 heterocycles. The number of hydrogen-bond donors (Lipinski definition) is 1. The van der Waals surface area contributed by atoms with E-state index in [1.54, 1.807) is 0 Å². The minimum Gasteiger partial charge on any atom is -0.397 e. The van der Waals surface area contributed by atoms with E-state index < -0.39 is 0 Å². The predicted molar refractivity (Wildman–Crippen MR) is 81.0 cm³/mol. The molecule has 0 bridgehead atoms.